The van der Waals surface area contributed by atoms with Gasteiger partial charge in [-0.3, -0.25) is 0 Å². The van der Waals surface area contributed by atoms with Gasteiger partial charge in [-0.15, -0.1) is 11.6 Å². The zero-order chi connectivity index (χ0) is 55.4. The standard InChI is InChI=1S/C7H17NO2S.C6H15NO2S.C4H9Cl2NO2S.C4H10ClNO2S.C4H9F2NO2S.2C4H11NO2S/c1-6(2)8-11(9,10)7(3,4)5;1-5(2)7-10(8,9)6(3)4;1-3(2)7-10(8,9)4(5)6;1-4(2)6-9(7,8)3-5;1-3(2)7-10(8,9)4(5)6;2*1-4(2)5-8(3,6)7/h6,8H,1-5H3;5-7H,1-4H3;3-4,7H,1-2H3;4,6H,3H2,1-2H3;3-4,7H,1-2H3;2*4-5H,1-3H3. The van der Waals surface area contributed by atoms with E-state index in [1.165, 1.54) is 13.8 Å². The Kier molecular flexibility index (Phi) is 43.8. The average molecular weight is 1170 g/mol. The molecule has 410 valence electrons. The van der Waals surface area contributed by atoms with Crippen LogP contribution in [0.2, 0.25) is 0 Å². The lowest BCUT2D eigenvalue weighted by Crippen LogP contribution is -2.42. The van der Waals surface area contributed by atoms with E-state index in [1.807, 2.05) is 13.8 Å². The summed E-state index contributed by atoms with van der Waals surface area (Å²) in [7, 11) is -23.2. The normalized spacial score (nSPS) is 13.0. The molecule has 0 unspecified atom stereocenters. The van der Waals surface area contributed by atoms with Gasteiger partial charge >= 0.3 is 5.76 Å². The second-order valence-electron chi connectivity index (χ2n) is 17.0. The molecule has 0 aromatic carbocycles. The molecule has 66 heavy (non-hydrogen) atoms. The summed E-state index contributed by atoms with van der Waals surface area (Å²) in [6, 6.07) is -0.764. The van der Waals surface area contributed by atoms with E-state index >= 15 is 0 Å². The molecule has 0 aliphatic heterocycles. The summed E-state index contributed by atoms with van der Waals surface area (Å²) in [5, 5.41) is -0.708. The van der Waals surface area contributed by atoms with Crippen LogP contribution in [0.1, 0.15) is 132 Å². The van der Waals surface area contributed by atoms with E-state index in [9.17, 15) is 67.7 Å². The quantitative estimate of drug-likeness (QED) is 0.0960. The number of nitrogens with one attached hydrogen (secondary N) is 7. The van der Waals surface area contributed by atoms with Crippen molar-refractivity contribution in [1.29, 1.82) is 0 Å². The average Bonchev–Trinajstić information content (AvgIpc) is 2.96. The van der Waals surface area contributed by atoms with Crippen LogP contribution in [0.5, 0.6) is 0 Å². The summed E-state index contributed by atoms with van der Waals surface area (Å²) >= 11 is 15.3. The van der Waals surface area contributed by atoms with Gasteiger partial charge in [-0.1, -0.05) is 23.2 Å². The number of hydrogen-bond donors (Lipinski definition) is 7. The molecule has 21 nitrogen and oxygen atoms in total. The monoisotopic (exact) mass is 1170 g/mol. The summed E-state index contributed by atoms with van der Waals surface area (Å²) in [4.78, 5) is 0. The van der Waals surface area contributed by atoms with Gasteiger partial charge in [0.05, 0.1) is 22.5 Å². The maximum Gasteiger partial charge on any atom is 0.350 e. The van der Waals surface area contributed by atoms with Gasteiger partial charge in [0.15, 0.2) is 0 Å². The number of halogens is 5. The zero-order valence-corrected chi connectivity index (χ0v) is 49.9. The van der Waals surface area contributed by atoms with Crippen molar-refractivity contribution < 1.29 is 67.7 Å². The Bertz CT molecular complexity index is 1930. The van der Waals surface area contributed by atoms with Crippen LogP contribution in [0, 0.1) is 0 Å². The molecular weight excluding hydrogens is 1090 g/mol. The zero-order valence-electron chi connectivity index (χ0n) is 41.9. The van der Waals surface area contributed by atoms with Crippen LogP contribution in [0.25, 0.3) is 0 Å². The molecule has 0 fully saturated rings. The first-order valence-corrected chi connectivity index (χ1v) is 32.6. The van der Waals surface area contributed by atoms with E-state index < -0.39 is 90.9 Å². The molecule has 0 amide bonds. The number of alkyl halides is 5. The summed E-state index contributed by atoms with van der Waals surface area (Å²) in [6.45, 7) is 32.5. The summed E-state index contributed by atoms with van der Waals surface area (Å²) < 4.78 is 186. The fraction of sp³-hybridized carbons (Fsp3) is 1.00. The molecule has 0 heterocycles. The number of sulfonamides is 7. The van der Waals surface area contributed by atoms with Gasteiger partial charge in [-0.25, -0.2) is 92.0 Å². The molecule has 0 rings (SSSR count). The van der Waals surface area contributed by atoms with Gasteiger partial charge in [-0.05, 0) is 132 Å². The van der Waals surface area contributed by atoms with Gasteiger partial charge in [0.1, 0.15) is 5.21 Å². The highest BCUT2D eigenvalue weighted by atomic mass is 35.5. The molecular formula is C33H82Cl3F2N7O14S7. The Morgan fingerprint density at radius 1 is 0.409 bits per heavy atom. The van der Waals surface area contributed by atoms with Gasteiger partial charge < -0.3 is 0 Å². The van der Waals surface area contributed by atoms with Crippen LogP contribution in [-0.4, -0.2) is 139 Å². The fourth-order valence-corrected chi connectivity index (χ4v) is 9.37. The molecule has 0 radical (unpaired) electrons. The lowest BCUT2D eigenvalue weighted by atomic mass is 10.3. The minimum atomic E-state index is -4.38. The van der Waals surface area contributed by atoms with E-state index in [0.717, 1.165) is 12.5 Å². The maximum absolute atomic E-state index is 11.5. The van der Waals surface area contributed by atoms with Gasteiger partial charge in [0, 0.05) is 42.3 Å². The molecule has 0 saturated heterocycles. The van der Waals surface area contributed by atoms with Crippen molar-refractivity contribution in [2.75, 3.05) is 17.7 Å². The van der Waals surface area contributed by atoms with Crippen molar-refractivity contribution >= 4 is 105 Å². The summed E-state index contributed by atoms with van der Waals surface area (Å²) in [6.07, 6.45) is 2.29. The van der Waals surface area contributed by atoms with Crippen molar-refractivity contribution in [2.45, 2.75) is 194 Å². The van der Waals surface area contributed by atoms with Crippen molar-refractivity contribution in [3.63, 3.8) is 0 Å². The SMILES string of the molecule is CC(C)NS(=O)(=O)C(C)(C)C.CC(C)NS(=O)(=O)C(C)C.CC(C)NS(=O)(=O)C(Cl)Cl.CC(C)NS(=O)(=O)C(F)F.CC(C)NS(=O)(=O)CCl.CC(C)NS(C)(=O)=O.CC(C)NS(C)(=O)=O. The van der Waals surface area contributed by atoms with Crippen LogP contribution in [-0.2, 0) is 70.2 Å². The number of rotatable bonds is 18. The van der Waals surface area contributed by atoms with E-state index in [-0.39, 0.29) is 46.7 Å². The van der Waals surface area contributed by atoms with Crippen molar-refractivity contribution in [1.82, 2.24) is 33.1 Å². The summed E-state index contributed by atoms with van der Waals surface area (Å²) in [5.74, 6) is -3.34. The largest absolute Gasteiger partial charge is 0.350 e. The molecule has 0 aromatic heterocycles. The van der Waals surface area contributed by atoms with E-state index in [2.05, 4.69) is 28.3 Å². The highest BCUT2D eigenvalue weighted by molar-refractivity contribution is 7.93. The molecule has 0 aromatic rings. The molecule has 0 spiro atoms. The minimum absolute atomic E-state index is 0.00463. The van der Waals surface area contributed by atoms with Gasteiger partial charge in [-0.2, -0.15) is 8.78 Å². The van der Waals surface area contributed by atoms with E-state index in [1.54, 1.807) is 109 Å². The third-order valence-corrected chi connectivity index (χ3v) is 17.1. The molecule has 0 saturated carbocycles. The minimum Gasteiger partial charge on any atom is -0.213 e. The van der Waals surface area contributed by atoms with Crippen LogP contribution >= 0.6 is 34.8 Å². The predicted octanol–water partition coefficient (Wildman–Crippen LogP) is 3.85. The topological polar surface area (TPSA) is 323 Å². The Morgan fingerprint density at radius 3 is 0.727 bits per heavy atom. The third-order valence-electron chi connectivity index (χ3n) is 4.95. The first-order valence-electron chi connectivity index (χ1n) is 19.7. The lowest BCUT2D eigenvalue weighted by Gasteiger charge is -2.21. The van der Waals surface area contributed by atoms with Gasteiger partial charge in [0.25, 0.3) is 10.0 Å². The Morgan fingerprint density at radius 2 is 0.652 bits per heavy atom. The van der Waals surface area contributed by atoms with Crippen LogP contribution in [0.15, 0.2) is 0 Å². The predicted molar refractivity (Wildman–Crippen MR) is 269 cm³/mol. The van der Waals surface area contributed by atoms with E-state index in [4.69, 9.17) is 34.8 Å². The van der Waals surface area contributed by atoms with Crippen molar-refractivity contribution in [2.24, 2.45) is 0 Å². The van der Waals surface area contributed by atoms with Gasteiger partial charge in [0.2, 0.25) is 64.3 Å². The van der Waals surface area contributed by atoms with Crippen LogP contribution in [0.3, 0.4) is 0 Å². The van der Waals surface area contributed by atoms with Crippen molar-refractivity contribution in [3.05, 3.63) is 0 Å². The molecule has 0 bridgehead atoms. The first-order chi connectivity index (χ1) is 28.6. The Labute approximate surface area is 414 Å². The highest BCUT2D eigenvalue weighted by Gasteiger charge is 2.29. The molecule has 0 aliphatic carbocycles. The number of hydrogen-bond acceptors (Lipinski definition) is 14. The van der Waals surface area contributed by atoms with Crippen molar-refractivity contribution in [3.8, 4) is 0 Å². The molecule has 0 atom stereocenters. The molecule has 7 N–H and O–H groups in total. The Balaban J connectivity index is -0.000000123. The smallest absolute Gasteiger partial charge is 0.213 e. The van der Waals surface area contributed by atoms with Crippen LogP contribution in [0.4, 0.5) is 8.78 Å². The third kappa shape index (κ3) is 60.2. The second-order valence-corrected chi connectivity index (χ2v) is 32.7. The molecule has 0 aliphatic rings. The highest BCUT2D eigenvalue weighted by Crippen LogP contribution is 2.13. The summed E-state index contributed by atoms with van der Waals surface area (Å²) in [5.41, 5.74) is 0. The van der Waals surface area contributed by atoms with E-state index in [0.29, 0.717) is 0 Å². The second kappa shape index (κ2) is 36.1. The van der Waals surface area contributed by atoms with Crippen LogP contribution < -0.4 is 33.1 Å². The maximum atomic E-state index is 11.5. The Hall–Kier alpha value is 0.1000. The fourth-order valence-electron chi connectivity index (χ4n) is 2.96. The first kappa shape index (κ1) is 80.2. The lowest BCUT2D eigenvalue weighted by molar-refractivity contribution is 0.231. The molecule has 33 heteroatoms.